The van der Waals surface area contributed by atoms with Crippen molar-refractivity contribution in [2.45, 2.75) is 19.8 Å². The number of nitrogens with zero attached hydrogens (tertiary/aromatic N) is 2. The van der Waals surface area contributed by atoms with Gasteiger partial charge in [-0.2, -0.15) is 0 Å². The fourth-order valence-electron chi connectivity index (χ4n) is 1.62. The van der Waals surface area contributed by atoms with Gasteiger partial charge in [0.15, 0.2) is 0 Å². The van der Waals surface area contributed by atoms with Gasteiger partial charge in [0.2, 0.25) is 0 Å². The average molecular weight is 351 g/mol. The maximum atomic E-state index is 6.11. The summed E-state index contributed by atoms with van der Waals surface area (Å²) in [5.74, 6) is 1.24. The monoisotopic (exact) mass is 349 g/mol. The Kier molecular flexibility index (Phi) is 5.33. The molecule has 0 aliphatic carbocycles. The standard InChI is InChI=1S/C13H11Cl4N3/c1-2-3-12-19-11(17)6-13(20-12)18-10-5-8(15)7(14)4-9(10)16/h4-6H,2-3H2,1H3,(H,18,19,20). The van der Waals surface area contributed by atoms with Gasteiger partial charge in [-0.05, 0) is 18.6 Å². The van der Waals surface area contributed by atoms with Gasteiger partial charge in [-0.15, -0.1) is 0 Å². The summed E-state index contributed by atoms with van der Waals surface area (Å²) in [6.45, 7) is 2.05. The minimum atomic E-state index is 0.377. The van der Waals surface area contributed by atoms with Crippen LogP contribution < -0.4 is 5.32 Å². The van der Waals surface area contributed by atoms with E-state index in [0.717, 1.165) is 12.8 Å². The van der Waals surface area contributed by atoms with Gasteiger partial charge < -0.3 is 5.32 Å². The minimum absolute atomic E-state index is 0.377. The molecular formula is C13H11Cl4N3. The van der Waals surface area contributed by atoms with Crippen LogP contribution in [0, 0.1) is 0 Å². The first-order valence-electron chi connectivity index (χ1n) is 5.94. The fraction of sp³-hybridized carbons (Fsp3) is 0.231. The van der Waals surface area contributed by atoms with Crippen molar-refractivity contribution in [3.63, 3.8) is 0 Å². The molecule has 0 fully saturated rings. The summed E-state index contributed by atoms with van der Waals surface area (Å²) >= 11 is 24.0. The van der Waals surface area contributed by atoms with Crippen LogP contribution in [0.4, 0.5) is 11.5 Å². The lowest BCUT2D eigenvalue weighted by atomic mass is 10.3. The minimum Gasteiger partial charge on any atom is -0.339 e. The van der Waals surface area contributed by atoms with E-state index in [1.165, 1.54) is 0 Å². The third-order valence-electron chi connectivity index (χ3n) is 2.49. The molecule has 1 heterocycles. The molecule has 3 nitrogen and oxygen atoms in total. The van der Waals surface area contributed by atoms with Crippen molar-refractivity contribution in [3.8, 4) is 0 Å². The molecule has 0 atom stereocenters. The third-order valence-corrected chi connectivity index (χ3v) is 3.72. The first-order chi connectivity index (χ1) is 9.49. The molecule has 7 heteroatoms. The second-order valence-corrected chi connectivity index (χ2v) is 5.72. The molecule has 106 valence electrons. The zero-order chi connectivity index (χ0) is 14.7. The molecule has 0 amide bonds. The zero-order valence-electron chi connectivity index (χ0n) is 10.6. The molecule has 2 aromatic rings. The smallest absolute Gasteiger partial charge is 0.135 e. The highest BCUT2D eigenvalue weighted by Crippen LogP contribution is 2.33. The Morgan fingerprint density at radius 2 is 1.65 bits per heavy atom. The molecule has 20 heavy (non-hydrogen) atoms. The Morgan fingerprint density at radius 3 is 2.35 bits per heavy atom. The molecule has 0 bridgehead atoms. The van der Waals surface area contributed by atoms with E-state index in [1.807, 2.05) is 6.92 Å². The predicted molar refractivity (Wildman–Crippen MR) is 85.8 cm³/mol. The van der Waals surface area contributed by atoms with Crippen LogP contribution in [0.3, 0.4) is 0 Å². The Labute approximate surface area is 137 Å². The number of hydrogen-bond acceptors (Lipinski definition) is 3. The van der Waals surface area contributed by atoms with Crippen LogP contribution in [0.2, 0.25) is 20.2 Å². The number of aryl methyl sites for hydroxylation is 1. The molecule has 1 aromatic carbocycles. The molecule has 0 radical (unpaired) electrons. The summed E-state index contributed by atoms with van der Waals surface area (Å²) in [4.78, 5) is 8.52. The normalized spacial score (nSPS) is 10.7. The van der Waals surface area contributed by atoms with Crippen LogP contribution >= 0.6 is 46.4 Å². The second kappa shape index (κ2) is 6.81. The summed E-state index contributed by atoms with van der Waals surface area (Å²) in [7, 11) is 0. The van der Waals surface area contributed by atoms with Gasteiger partial charge in [0.25, 0.3) is 0 Å². The molecule has 0 saturated carbocycles. The van der Waals surface area contributed by atoms with E-state index in [1.54, 1.807) is 18.2 Å². The van der Waals surface area contributed by atoms with Crippen molar-refractivity contribution in [1.29, 1.82) is 0 Å². The van der Waals surface area contributed by atoms with Crippen LogP contribution in [0.1, 0.15) is 19.2 Å². The third kappa shape index (κ3) is 3.89. The Morgan fingerprint density at radius 1 is 0.950 bits per heavy atom. The molecule has 0 spiro atoms. The Balaban J connectivity index is 2.32. The molecule has 0 unspecified atom stereocenters. The topological polar surface area (TPSA) is 37.8 Å². The van der Waals surface area contributed by atoms with Crippen molar-refractivity contribution in [3.05, 3.63) is 44.2 Å². The van der Waals surface area contributed by atoms with Gasteiger partial charge in [-0.25, -0.2) is 9.97 Å². The van der Waals surface area contributed by atoms with E-state index >= 15 is 0 Å². The van der Waals surface area contributed by atoms with E-state index in [-0.39, 0.29) is 0 Å². The van der Waals surface area contributed by atoms with Crippen molar-refractivity contribution in [2.24, 2.45) is 0 Å². The average Bonchev–Trinajstić information content (AvgIpc) is 2.35. The molecule has 0 saturated heterocycles. The molecule has 1 N–H and O–H groups in total. The number of aromatic nitrogens is 2. The Hall–Kier alpha value is -0.740. The van der Waals surface area contributed by atoms with Gasteiger partial charge in [-0.3, -0.25) is 0 Å². The molecule has 0 aliphatic heterocycles. The van der Waals surface area contributed by atoms with E-state index in [2.05, 4.69) is 15.3 Å². The highest BCUT2D eigenvalue weighted by molar-refractivity contribution is 6.44. The van der Waals surface area contributed by atoms with Crippen LogP contribution in [0.15, 0.2) is 18.2 Å². The van der Waals surface area contributed by atoms with Gasteiger partial charge >= 0.3 is 0 Å². The van der Waals surface area contributed by atoms with Crippen LogP contribution in [-0.4, -0.2) is 9.97 Å². The van der Waals surface area contributed by atoms with Gasteiger partial charge in [0, 0.05) is 12.5 Å². The zero-order valence-corrected chi connectivity index (χ0v) is 13.6. The fourth-order valence-corrected chi connectivity index (χ4v) is 2.42. The van der Waals surface area contributed by atoms with Crippen molar-refractivity contribution in [2.75, 3.05) is 5.32 Å². The molecule has 2 rings (SSSR count). The summed E-state index contributed by atoms with van der Waals surface area (Å²) in [5.41, 5.74) is 0.610. The lowest BCUT2D eigenvalue weighted by Crippen LogP contribution is -2.01. The molecular weight excluding hydrogens is 340 g/mol. The van der Waals surface area contributed by atoms with E-state index in [9.17, 15) is 0 Å². The van der Waals surface area contributed by atoms with Crippen molar-refractivity contribution in [1.82, 2.24) is 9.97 Å². The van der Waals surface area contributed by atoms with E-state index in [0.29, 0.717) is 37.6 Å². The van der Waals surface area contributed by atoms with Gasteiger partial charge in [-0.1, -0.05) is 53.3 Å². The van der Waals surface area contributed by atoms with Crippen LogP contribution in [-0.2, 0) is 6.42 Å². The predicted octanol–water partition coefficient (Wildman–Crippen LogP) is 5.79. The summed E-state index contributed by atoms with van der Waals surface area (Å²) in [5, 5.41) is 4.70. The quantitative estimate of drug-likeness (QED) is 0.560. The number of rotatable bonds is 4. The number of hydrogen-bond donors (Lipinski definition) is 1. The first kappa shape index (κ1) is 15.6. The lowest BCUT2D eigenvalue weighted by Gasteiger charge is -2.10. The van der Waals surface area contributed by atoms with E-state index < -0.39 is 0 Å². The maximum absolute atomic E-state index is 6.11. The second-order valence-electron chi connectivity index (χ2n) is 4.11. The largest absolute Gasteiger partial charge is 0.339 e. The maximum Gasteiger partial charge on any atom is 0.135 e. The Bertz CT molecular complexity index is 631. The highest BCUT2D eigenvalue weighted by Gasteiger charge is 2.08. The highest BCUT2D eigenvalue weighted by atomic mass is 35.5. The number of nitrogens with one attached hydrogen (secondary N) is 1. The van der Waals surface area contributed by atoms with Gasteiger partial charge in [0.1, 0.15) is 16.8 Å². The van der Waals surface area contributed by atoms with Crippen molar-refractivity contribution < 1.29 is 0 Å². The SMILES string of the molecule is CCCc1nc(Cl)cc(Nc2cc(Cl)c(Cl)cc2Cl)n1. The first-order valence-corrected chi connectivity index (χ1v) is 7.45. The molecule has 0 aliphatic rings. The number of halogens is 4. The molecule has 1 aromatic heterocycles. The summed E-state index contributed by atoms with van der Waals surface area (Å²) in [6.07, 6.45) is 1.69. The lowest BCUT2D eigenvalue weighted by molar-refractivity contribution is 0.837. The van der Waals surface area contributed by atoms with Crippen molar-refractivity contribution >= 4 is 57.9 Å². The number of benzene rings is 1. The number of anilines is 2. The summed E-state index contributed by atoms with van der Waals surface area (Å²) < 4.78 is 0. The van der Waals surface area contributed by atoms with Gasteiger partial charge in [0.05, 0.1) is 20.8 Å². The summed E-state index contributed by atoms with van der Waals surface area (Å²) in [6, 6.07) is 4.84. The van der Waals surface area contributed by atoms with E-state index in [4.69, 9.17) is 46.4 Å². The van der Waals surface area contributed by atoms with Crippen LogP contribution in [0.25, 0.3) is 0 Å². The van der Waals surface area contributed by atoms with Crippen LogP contribution in [0.5, 0.6) is 0 Å².